The van der Waals surface area contributed by atoms with Crippen LogP contribution in [0.5, 0.6) is 0 Å². The number of carbonyl (C=O) groups excluding carboxylic acids is 3. The number of thioether (sulfide) groups is 1. The molecule has 144 valence electrons. The smallest absolute Gasteiger partial charge is 0.337 e. The molecule has 1 aromatic carbocycles. The second kappa shape index (κ2) is 7.91. The summed E-state index contributed by atoms with van der Waals surface area (Å²) in [6.45, 7) is -0.468. The number of hydrogen-bond acceptors (Lipinski definition) is 7. The lowest BCUT2D eigenvalue weighted by Gasteiger charge is -2.09. The number of imide groups is 1. The van der Waals surface area contributed by atoms with Gasteiger partial charge in [0, 0.05) is 11.6 Å². The average molecular weight is 422 g/mol. The molecular weight excluding hydrogens is 410 g/mol. The van der Waals surface area contributed by atoms with Crippen molar-refractivity contribution in [1.29, 1.82) is 0 Å². The highest BCUT2D eigenvalue weighted by molar-refractivity contribution is 8.18. The van der Waals surface area contributed by atoms with Gasteiger partial charge in [-0.15, -0.1) is 0 Å². The summed E-state index contributed by atoms with van der Waals surface area (Å²) in [6, 6.07) is 7.58. The van der Waals surface area contributed by atoms with Crippen molar-refractivity contribution in [3.63, 3.8) is 0 Å². The Morgan fingerprint density at radius 2 is 2.04 bits per heavy atom. The minimum atomic E-state index is -1.17. The van der Waals surface area contributed by atoms with Crippen molar-refractivity contribution < 1.29 is 33.4 Å². The van der Waals surface area contributed by atoms with Crippen molar-refractivity contribution in [2.45, 2.75) is 0 Å². The maximum absolute atomic E-state index is 12.3. The number of carbonyl (C=O) groups is 4. The van der Waals surface area contributed by atoms with Crippen molar-refractivity contribution in [3.05, 3.63) is 51.6 Å². The number of amides is 2. The average Bonchev–Trinajstić information content (AvgIpc) is 3.22. The molecule has 2 aromatic rings. The fraction of sp³-hybridized carbons (Fsp3) is 0.111. The Bertz CT molecular complexity index is 1030. The molecule has 0 aliphatic carbocycles. The van der Waals surface area contributed by atoms with Crippen LogP contribution in [0.2, 0.25) is 5.02 Å². The van der Waals surface area contributed by atoms with Gasteiger partial charge in [-0.05, 0) is 42.1 Å². The summed E-state index contributed by atoms with van der Waals surface area (Å²) in [5.41, 5.74) is 0.418. The molecule has 0 unspecified atom stereocenters. The number of carboxylic acids is 1. The first-order valence-corrected chi connectivity index (χ1v) is 8.95. The molecule has 1 saturated heterocycles. The van der Waals surface area contributed by atoms with Crippen LogP contribution in [0.1, 0.15) is 16.1 Å². The first kappa shape index (κ1) is 19.7. The van der Waals surface area contributed by atoms with Crippen molar-refractivity contribution in [2.75, 3.05) is 13.7 Å². The van der Waals surface area contributed by atoms with E-state index >= 15 is 0 Å². The molecule has 0 spiro atoms. The summed E-state index contributed by atoms with van der Waals surface area (Å²) < 4.78 is 10.1. The van der Waals surface area contributed by atoms with Crippen molar-refractivity contribution in [3.8, 4) is 11.3 Å². The Balaban J connectivity index is 1.84. The summed E-state index contributed by atoms with van der Waals surface area (Å²) >= 11 is 6.53. The van der Waals surface area contributed by atoms with Gasteiger partial charge in [-0.1, -0.05) is 11.6 Å². The predicted octanol–water partition coefficient (Wildman–Crippen LogP) is 3.51. The third-order valence-corrected chi connectivity index (χ3v) is 5.01. The Hall–Kier alpha value is -3.04. The van der Waals surface area contributed by atoms with Crippen molar-refractivity contribution in [1.82, 2.24) is 4.90 Å². The van der Waals surface area contributed by atoms with E-state index in [1.54, 1.807) is 18.2 Å². The van der Waals surface area contributed by atoms with Gasteiger partial charge in [0.2, 0.25) is 0 Å². The molecule has 0 radical (unpaired) electrons. The SMILES string of the molecule is COC(=O)CN1C(=O)S/C(=C\c2ccc(-c3ccc(Cl)c(C(=O)O)c3)o2)C1=O. The molecule has 28 heavy (non-hydrogen) atoms. The van der Waals surface area contributed by atoms with Gasteiger partial charge in [0.25, 0.3) is 11.1 Å². The molecule has 10 heteroatoms. The summed E-state index contributed by atoms with van der Waals surface area (Å²) in [6.07, 6.45) is 1.37. The van der Waals surface area contributed by atoms with Crippen LogP contribution in [-0.4, -0.2) is 46.7 Å². The Morgan fingerprint density at radius 3 is 2.71 bits per heavy atom. The molecule has 1 N–H and O–H groups in total. The quantitative estimate of drug-likeness (QED) is 0.576. The van der Waals surface area contributed by atoms with Crippen LogP contribution in [0.25, 0.3) is 17.4 Å². The normalized spacial score (nSPS) is 15.4. The number of nitrogens with zero attached hydrogens (tertiary/aromatic N) is 1. The second-order valence-electron chi connectivity index (χ2n) is 5.55. The molecule has 1 aromatic heterocycles. The van der Waals surface area contributed by atoms with Crippen molar-refractivity contribution >= 4 is 52.5 Å². The van der Waals surface area contributed by atoms with Gasteiger partial charge in [-0.25, -0.2) is 4.79 Å². The van der Waals surface area contributed by atoms with Gasteiger partial charge in [-0.3, -0.25) is 19.3 Å². The third-order valence-electron chi connectivity index (χ3n) is 3.77. The van der Waals surface area contributed by atoms with Crippen LogP contribution in [0, 0.1) is 0 Å². The highest BCUT2D eigenvalue weighted by Crippen LogP contribution is 2.33. The highest BCUT2D eigenvalue weighted by atomic mass is 35.5. The predicted molar refractivity (Wildman–Crippen MR) is 101 cm³/mol. The monoisotopic (exact) mass is 421 g/mol. The molecule has 1 fully saturated rings. The van der Waals surface area contributed by atoms with Crippen LogP contribution < -0.4 is 0 Å². The molecule has 8 nitrogen and oxygen atoms in total. The molecule has 3 rings (SSSR count). The maximum atomic E-state index is 12.3. The first-order valence-electron chi connectivity index (χ1n) is 7.75. The van der Waals surface area contributed by atoms with E-state index in [0.717, 1.165) is 12.0 Å². The lowest BCUT2D eigenvalue weighted by molar-refractivity contribution is -0.143. The van der Waals surface area contributed by atoms with E-state index in [1.807, 2.05) is 0 Å². The summed E-state index contributed by atoms with van der Waals surface area (Å²) in [7, 11) is 1.16. The molecule has 0 bridgehead atoms. The summed E-state index contributed by atoms with van der Waals surface area (Å²) in [4.78, 5) is 47.6. The maximum Gasteiger partial charge on any atom is 0.337 e. The van der Waals surface area contributed by atoms with Gasteiger partial charge in [0.1, 0.15) is 18.1 Å². The van der Waals surface area contributed by atoms with Gasteiger partial charge in [0.15, 0.2) is 0 Å². The van der Waals surface area contributed by atoms with E-state index in [4.69, 9.17) is 21.1 Å². The number of rotatable bonds is 5. The topological polar surface area (TPSA) is 114 Å². The van der Waals surface area contributed by atoms with E-state index < -0.39 is 29.6 Å². The van der Waals surface area contributed by atoms with Crippen molar-refractivity contribution in [2.24, 2.45) is 0 Å². The van der Waals surface area contributed by atoms with Gasteiger partial charge >= 0.3 is 11.9 Å². The van der Waals surface area contributed by atoms with Crippen LogP contribution in [0.3, 0.4) is 0 Å². The van der Waals surface area contributed by atoms with Crippen LogP contribution in [0.15, 0.2) is 39.7 Å². The number of halogens is 1. The minimum absolute atomic E-state index is 0.0685. The zero-order valence-corrected chi connectivity index (χ0v) is 15.9. The van der Waals surface area contributed by atoms with Crippen LogP contribution >= 0.6 is 23.4 Å². The Kier molecular flexibility index (Phi) is 5.57. The number of methoxy groups -OCH3 is 1. The molecular formula is C18H12ClNO7S. The van der Waals surface area contributed by atoms with E-state index in [9.17, 15) is 19.2 Å². The van der Waals surface area contributed by atoms with Crippen LogP contribution in [0.4, 0.5) is 4.79 Å². The lowest BCUT2D eigenvalue weighted by atomic mass is 10.1. The fourth-order valence-corrected chi connectivity index (χ4v) is 3.40. The highest BCUT2D eigenvalue weighted by Gasteiger charge is 2.36. The molecule has 0 atom stereocenters. The largest absolute Gasteiger partial charge is 0.478 e. The van der Waals surface area contributed by atoms with E-state index in [0.29, 0.717) is 23.1 Å². The lowest BCUT2D eigenvalue weighted by Crippen LogP contribution is -2.34. The number of esters is 1. The number of benzene rings is 1. The fourth-order valence-electron chi connectivity index (χ4n) is 2.39. The summed E-state index contributed by atoms with van der Waals surface area (Å²) in [5, 5.41) is 8.67. The number of hydrogen-bond donors (Lipinski definition) is 1. The molecule has 0 saturated carbocycles. The number of aromatic carboxylic acids is 1. The van der Waals surface area contributed by atoms with E-state index in [-0.39, 0.29) is 21.3 Å². The molecule has 1 aliphatic rings. The minimum Gasteiger partial charge on any atom is -0.478 e. The number of carboxylic acid groups (broad SMARTS) is 1. The molecule has 1 aliphatic heterocycles. The summed E-state index contributed by atoms with van der Waals surface area (Å²) in [5.74, 6) is -1.86. The first-order chi connectivity index (χ1) is 13.3. The van der Waals surface area contributed by atoms with Gasteiger partial charge < -0.3 is 14.3 Å². The molecule has 2 amide bonds. The zero-order valence-electron chi connectivity index (χ0n) is 14.3. The Labute approximate surface area is 167 Å². The second-order valence-corrected chi connectivity index (χ2v) is 6.95. The van der Waals surface area contributed by atoms with Gasteiger partial charge in [0.05, 0.1) is 22.6 Å². The zero-order chi connectivity index (χ0) is 20.4. The van der Waals surface area contributed by atoms with Crippen LogP contribution in [-0.2, 0) is 14.3 Å². The van der Waals surface area contributed by atoms with Gasteiger partial charge in [-0.2, -0.15) is 0 Å². The standard InChI is InChI=1S/C18H12ClNO7S/c1-26-15(21)8-20-16(22)14(28-18(20)25)7-10-3-5-13(27-10)9-2-4-12(19)11(6-9)17(23)24/h2-7H,8H2,1H3,(H,23,24)/b14-7-. The molecule has 2 heterocycles. The Morgan fingerprint density at radius 1 is 1.29 bits per heavy atom. The number of ether oxygens (including phenoxy) is 1. The third kappa shape index (κ3) is 3.95. The van der Waals surface area contributed by atoms with E-state index in [1.165, 1.54) is 18.2 Å². The van der Waals surface area contributed by atoms with E-state index in [2.05, 4.69) is 4.74 Å². The number of furan rings is 1.